The summed E-state index contributed by atoms with van der Waals surface area (Å²) in [5.41, 5.74) is 7.83. The van der Waals surface area contributed by atoms with Crippen LogP contribution in [0.15, 0.2) is 32.9 Å². The second-order valence-corrected chi connectivity index (χ2v) is 7.88. The average molecular weight is 375 g/mol. The van der Waals surface area contributed by atoms with E-state index in [1.54, 1.807) is 19.1 Å². The first-order valence-electron chi connectivity index (χ1n) is 5.91. The molecule has 0 bridgehead atoms. The van der Waals surface area contributed by atoms with Crippen LogP contribution in [0.2, 0.25) is 0 Å². The molecule has 0 spiro atoms. The van der Waals surface area contributed by atoms with E-state index in [-0.39, 0.29) is 6.54 Å². The molecule has 0 aliphatic heterocycles. The summed E-state index contributed by atoms with van der Waals surface area (Å²) in [5.74, 6) is 0. The Balaban J connectivity index is 2.40. The van der Waals surface area contributed by atoms with E-state index in [0.29, 0.717) is 15.5 Å². The van der Waals surface area contributed by atoms with E-state index in [1.807, 2.05) is 18.4 Å². The van der Waals surface area contributed by atoms with Crippen LogP contribution in [0.25, 0.3) is 0 Å². The maximum atomic E-state index is 12.5. The third-order valence-corrected chi connectivity index (χ3v) is 6.61. The van der Waals surface area contributed by atoms with Crippen molar-refractivity contribution in [2.24, 2.45) is 5.73 Å². The highest BCUT2D eigenvalue weighted by Crippen LogP contribution is 2.29. The second-order valence-electron chi connectivity index (χ2n) is 4.44. The first-order valence-corrected chi connectivity index (χ1v) is 9.06. The van der Waals surface area contributed by atoms with Gasteiger partial charge in [0.25, 0.3) is 10.0 Å². The molecule has 0 amide bonds. The van der Waals surface area contributed by atoms with Crippen LogP contribution in [-0.2, 0) is 16.6 Å². The van der Waals surface area contributed by atoms with Gasteiger partial charge in [-0.2, -0.15) is 0 Å². The van der Waals surface area contributed by atoms with Gasteiger partial charge in [0.15, 0.2) is 0 Å². The van der Waals surface area contributed by atoms with Gasteiger partial charge >= 0.3 is 0 Å². The van der Waals surface area contributed by atoms with E-state index >= 15 is 0 Å². The van der Waals surface area contributed by atoms with Gasteiger partial charge in [-0.3, -0.25) is 4.72 Å². The van der Waals surface area contributed by atoms with Crippen LogP contribution in [0, 0.1) is 13.8 Å². The summed E-state index contributed by atoms with van der Waals surface area (Å²) >= 11 is 4.76. The number of anilines is 1. The molecular formula is C13H15BrN2O2S2. The molecule has 0 aliphatic carbocycles. The Morgan fingerprint density at radius 2 is 2.00 bits per heavy atom. The molecule has 0 saturated carbocycles. The van der Waals surface area contributed by atoms with Crippen LogP contribution in [0.3, 0.4) is 0 Å². The van der Waals surface area contributed by atoms with Gasteiger partial charge < -0.3 is 5.73 Å². The highest BCUT2D eigenvalue weighted by molar-refractivity contribution is 9.10. The molecule has 0 unspecified atom stereocenters. The number of rotatable bonds is 4. The molecule has 1 heterocycles. The lowest BCUT2D eigenvalue weighted by Crippen LogP contribution is -2.16. The van der Waals surface area contributed by atoms with E-state index < -0.39 is 10.0 Å². The number of hydrogen-bond donors (Lipinski definition) is 2. The number of nitrogens with two attached hydrogens (primary N) is 1. The molecule has 3 N–H and O–H groups in total. The number of sulfonamides is 1. The van der Waals surface area contributed by atoms with Crippen LogP contribution >= 0.6 is 27.3 Å². The van der Waals surface area contributed by atoms with Crippen LogP contribution in [0.5, 0.6) is 0 Å². The Hall–Kier alpha value is -0.890. The lowest BCUT2D eigenvalue weighted by atomic mass is 10.2. The number of thiophene rings is 1. The van der Waals surface area contributed by atoms with Crippen molar-refractivity contribution in [3.63, 3.8) is 0 Å². The fraction of sp³-hybridized carbons (Fsp3) is 0.231. The molecule has 4 nitrogen and oxygen atoms in total. The van der Waals surface area contributed by atoms with Gasteiger partial charge in [-0.1, -0.05) is 15.9 Å². The van der Waals surface area contributed by atoms with E-state index in [0.717, 1.165) is 15.6 Å². The molecule has 0 saturated heterocycles. The van der Waals surface area contributed by atoms with Gasteiger partial charge in [0, 0.05) is 21.6 Å². The smallest absolute Gasteiger partial charge is 0.263 e. The second kappa shape index (κ2) is 5.85. The predicted molar refractivity (Wildman–Crippen MR) is 86.6 cm³/mol. The third kappa shape index (κ3) is 3.06. The summed E-state index contributed by atoms with van der Waals surface area (Å²) < 4.78 is 28.5. The molecule has 108 valence electrons. The van der Waals surface area contributed by atoms with Crippen molar-refractivity contribution in [2.75, 3.05) is 4.72 Å². The molecule has 1 aromatic heterocycles. The van der Waals surface area contributed by atoms with Crippen LogP contribution < -0.4 is 10.5 Å². The van der Waals surface area contributed by atoms with Crippen molar-refractivity contribution in [1.82, 2.24) is 0 Å². The molecule has 2 rings (SSSR count). The zero-order chi connectivity index (χ0) is 14.9. The van der Waals surface area contributed by atoms with Crippen LogP contribution in [0.1, 0.15) is 16.0 Å². The Bertz CT molecular complexity index is 739. The highest BCUT2D eigenvalue weighted by Gasteiger charge is 2.22. The molecular weight excluding hydrogens is 360 g/mol. The minimum absolute atomic E-state index is 0.216. The summed E-state index contributed by atoms with van der Waals surface area (Å²) in [7, 11) is -3.61. The van der Waals surface area contributed by atoms with Crippen molar-refractivity contribution in [3.05, 3.63) is 44.1 Å². The number of hydrogen-bond acceptors (Lipinski definition) is 4. The monoisotopic (exact) mass is 374 g/mol. The van der Waals surface area contributed by atoms with Gasteiger partial charge in [0.2, 0.25) is 0 Å². The summed E-state index contributed by atoms with van der Waals surface area (Å²) in [6.45, 7) is 3.90. The van der Waals surface area contributed by atoms with E-state index in [4.69, 9.17) is 5.73 Å². The number of halogens is 1. The highest BCUT2D eigenvalue weighted by atomic mass is 79.9. The predicted octanol–water partition coefficient (Wildman–Crippen LogP) is 3.39. The van der Waals surface area contributed by atoms with Gasteiger partial charge in [-0.05, 0) is 48.6 Å². The van der Waals surface area contributed by atoms with Gasteiger partial charge in [0.05, 0.1) is 0 Å². The summed E-state index contributed by atoms with van der Waals surface area (Å²) in [6, 6.07) is 5.32. The van der Waals surface area contributed by atoms with E-state index in [9.17, 15) is 8.42 Å². The maximum absolute atomic E-state index is 12.5. The first-order chi connectivity index (χ1) is 9.35. The molecule has 2 aromatic rings. The van der Waals surface area contributed by atoms with Crippen molar-refractivity contribution < 1.29 is 8.42 Å². The molecule has 20 heavy (non-hydrogen) atoms. The van der Waals surface area contributed by atoms with Crippen LogP contribution in [0.4, 0.5) is 5.69 Å². The van der Waals surface area contributed by atoms with Crippen molar-refractivity contribution in [2.45, 2.75) is 25.3 Å². The Morgan fingerprint density at radius 1 is 1.30 bits per heavy atom. The Labute approximate surface area is 131 Å². The van der Waals surface area contributed by atoms with E-state index in [1.165, 1.54) is 11.3 Å². The molecule has 7 heteroatoms. The van der Waals surface area contributed by atoms with Crippen molar-refractivity contribution in [3.8, 4) is 0 Å². The lowest BCUT2D eigenvalue weighted by Gasteiger charge is -2.10. The summed E-state index contributed by atoms with van der Waals surface area (Å²) in [4.78, 5) is 0.967. The number of benzene rings is 1. The Morgan fingerprint density at radius 3 is 2.60 bits per heavy atom. The number of aryl methyl sites for hydroxylation is 2. The lowest BCUT2D eigenvalue weighted by molar-refractivity contribution is 0.600. The SMILES string of the molecule is Cc1cc(NS(=O)(=O)c2c(C)csc2CN)ccc1Br. The molecule has 1 aromatic carbocycles. The quantitative estimate of drug-likeness (QED) is 0.861. The minimum atomic E-state index is -3.61. The van der Waals surface area contributed by atoms with Gasteiger partial charge in [-0.15, -0.1) is 11.3 Å². The topological polar surface area (TPSA) is 72.2 Å². The normalized spacial score (nSPS) is 11.6. The molecule has 0 fully saturated rings. The Kier molecular flexibility index (Phi) is 4.53. The van der Waals surface area contributed by atoms with Gasteiger partial charge in [-0.25, -0.2) is 8.42 Å². The van der Waals surface area contributed by atoms with Crippen LogP contribution in [-0.4, -0.2) is 8.42 Å². The zero-order valence-corrected chi connectivity index (χ0v) is 14.3. The third-order valence-electron chi connectivity index (χ3n) is 2.85. The molecule has 0 atom stereocenters. The average Bonchev–Trinajstić information content (AvgIpc) is 2.75. The fourth-order valence-electron chi connectivity index (χ4n) is 1.90. The standard InChI is InChI=1S/C13H15BrN2O2S2/c1-8-5-10(3-4-11(8)14)16-20(17,18)13-9(2)7-19-12(13)6-15/h3-5,7,16H,6,15H2,1-2H3. The minimum Gasteiger partial charge on any atom is -0.326 e. The summed E-state index contributed by atoms with van der Waals surface area (Å²) in [5, 5.41) is 1.81. The van der Waals surface area contributed by atoms with E-state index in [2.05, 4.69) is 20.7 Å². The zero-order valence-electron chi connectivity index (χ0n) is 11.1. The largest absolute Gasteiger partial charge is 0.326 e. The fourth-order valence-corrected chi connectivity index (χ4v) is 4.90. The molecule has 0 radical (unpaired) electrons. The van der Waals surface area contributed by atoms with Crippen molar-refractivity contribution in [1.29, 1.82) is 0 Å². The molecule has 0 aliphatic rings. The van der Waals surface area contributed by atoms with Gasteiger partial charge in [0.1, 0.15) is 4.90 Å². The number of nitrogens with one attached hydrogen (secondary N) is 1. The maximum Gasteiger partial charge on any atom is 0.263 e. The first kappa shape index (κ1) is 15.5. The summed E-state index contributed by atoms with van der Waals surface area (Å²) in [6.07, 6.45) is 0. The van der Waals surface area contributed by atoms with Crippen molar-refractivity contribution >= 4 is 43.0 Å².